The molecule has 0 bridgehead atoms. The highest BCUT2D eigenvalue weighted by Crippen LogP contribution is 2.37. The molecule has 0 radical (unpaired) electrons. The molecule has 1 heterocycles. The second-order valence-corrected chi connectivity index (χ2v) is 5.14. The Labute approximate surface area is 135 Å². The second-order valence-electron chi connectivity index (χ2n) is 5.14. The number of hydrogen-bond donors (Lipinski definition) is 1. The van der Waals surface area contributed by atoms with E-state index in [-0.39, 0.29) is 23.0 Å². The number of ether oxygens (including phenoxy) is 2. The van der Waals surface area contributed by atoms with E-state index < -0.39 is 0 Å². The summed E-state index contributed by atoms with van der Waals surface area (Å²) < 4.78 is 11.9. The number of phenolic OH excluding ortho intramolecular Hbond substituents is 1. The average Bonchev–Trinajstić information content (AvgIpc) is 2.78. The molecule has 0 saturated heterocycles. The number of benzene rings is 1. The largest absolute Gasteiger partial charge is 0.502 e. The van der Waals surface area contributed by atoms with Gasteiger partial charge < -0.3 is 14.6 Å². The number of aromatic hydroxyl groups is 1. The Balaban J connectivity index is 2.35. The van der Waals surface area contributed by atoms with Crippen LogP contribution in [0.2, 0.25) is 0 Å². The summed E-state index contributed by atoms with van der Waals surface area (Å²) in [4.78, 5) is 12.4. The van der Waals surface area contributed by atoms with Crippen molar-refractivity contribution in [3.8, 4) is 17.2 Å². The molecule has 0 atom stereocenters. The molecule has 2 rings (SSSR count). The molecular formula is C17H20N2O4. The van der Waals surface area contributed by atoms with Crippen molar-refractivity contribution >= 4 is 11.9 Å². The van der Waals surface area contributed by atoms with E-state index >= 15 is 0 Å². The Kier molecular flexibility index (Phi) is 4.74. The van der Waals surface area contributed by atoms with Crippen LogP contribution in [0.5, 0.6) is 17.2 Å². The van der Waals surface area contributed by atoms with Gasteiger partial charge in [0, 0.05) is 12.7 Å². The molecule has 23 heavy (non-hydrogen) atoms. The van der Waals surface area contributed by atoms with Crippen LogP contribution in [0.4, 0.5) is 0 Å². The first kappa shape index (κ1) is 16.6. The van der Waals surface area contributed by atoms with E-state index in [0.717, 1.165) is 5.69 Å². The SMILES string of the molecule is COc1cc(/C=C\C(=O)c2c(C)nn(C)c2C)cc(OC)c1O. The molecule has 6 heteroatoms. The van der Waals surface area contributed by atoms with Crippen molar-refractivity contribution in [3.63, 3.8) is 0 Å². The summed E-state index contributed by atoms with van der Waals surface area (Å²) in [5.74, 6) is 0.368. The van der Waals surface area contributed by atoms with Crippen molar-refractivity contribution in [3.05, 3.63) is 40.7 Å². The molecule has 0 saturated carbocycles. The molecule has 0 aliphatic carbocycles. The van der Waals surface area contributed by atoms with Crippen molar-refractivity contribution < 1.29 is 19.4 Å². The minimum Gasteiger partial charge on any atom is -0.502 e. The molecule has 0 fully saturated rings. The van der Waals surface area contributed by atoms with Gasteiger partial charge in [0.1, 0.15) is 0 Å². The first-order valence-corrected chi connectivity index (χ1v) is 7.06. The third-order valence-corrected chi connectivity index (χ3v) is 3.68. The Morgan fingerprint density at radius 1 is 1.22 bits per heavy atom. The van der Waals surface area contributed by atoms with Crippen molar-refractivity contribution in [1.82, 2.24) is 9.78 Å². The van der Waals surface area contributed by atoms with E-state index in [2.05, 4.69) is 5.10 Å². The smallest absolute Gasteiger partial charge is 0.200 e. The number of hydrogen-bond acceptors (Lipinski definition) is 5. The number of aryl methyl sites for hydroxylation is 2. The number of nitrogens with zero attached hydrogens (tertiary/aromatic N) is 2. The van der Waals surface area contributed by atoms with Crippen molar-refractivity contribution in [2.75, 3.05) is 14.2 Å². The molecule has 0 unspecified atom stereocenters. The Morgan fingerprint density at radius 3 is 2.22 bits per heavy atom. The van der Waals surface area contributed by atoms with E-state index in [4.69, 9.17) is 9.47 Å². The number of aromatic nitrogens is 2. The van der Waals surface area contributed by atoms with Crippen LogP contribution in [0.25, 0.3) is 6.08 Å². The highest BCUT2D eigenvalue weighted by atomic mass is 16.5. The summed E-state index contributed by atoms with van der Waals surface area (Å²) in [6.45, 7) is 3.66. The number of methoxy groups -OCH3 is 2. The maximum absolute atomic E-state index is 12.4. The van der Waals surface area contributed by atoms with Gasteiger partial charge in [-0.15, -0.1) is 0 Å². The van der Waals surface area contributed by atoms with Crippen LogP contribution >= 0.6 is 0 Å². The van der Waals surface area contributed by atoms with Crippen LogP contribution in [-0.4, -0.2) is 34.9 Å². The monoisotopic (exact) mass is 316 g/mol. The summed E-state index contributed by atoms with van der Waals surface area (Å²) in [5, 5.41) is 14.1. The van der Waals surface area contributed by atoms with Crippen LogP contribution in [0, 0.1) is 13.8 Å². The molecule has 1 aromatic carbocycles. The first-order valence-electron chi connectivity index (χ1n) is 7.06. The molecule has 2 aromatic rings. The van der Waals surface area contributed by atoms with E-state index in [9.17, 15) is 9.90 Å². The van der Waals surface area contributed by atoms with Crippen molar-refractivity contribution in [1.29, 1.82) is 0 Å². The number of carbonyl (C=O) groups excluding carboxylic acids is 1. The van der Waals surface area contributed by atoms with Gasteiger partial charge in [-0.25, -0.2) is 0 Å². The number of ketones is 1. The Morgan fingerprint density at radius 2 is 1.78 bits per heavy atom. The highest BCUT2D eigenvalue weighted by Gasteiger charge is 2.15. The fourth-order valence-corrected chi connectivity index (χ4v) is 2.40. The minimum atomic E-state index is -0.126. The van der Waals surface area contributed by atoms with Crippen LogP contribution < -0.4 is 9.47 Å². The molecule has 0 spiro atoms. The van der Waals surface area contributed by atoms with Crippen molar-refractivity contribution in [2.24, 2.45) is 7.05 Å². The number of phenols is 1. The van der Waals surface area contributed by atoms with Gasteiger partial charge in [-0.05, 0) is 37.6 Å². The average molecular weight is 316 g/mol. The molecule has 0 amide bonds. The molecular weight excluding hydrogens is 296 g/mol. The molecule has 1 aromatic heterocycles. The quantitative estimate of drug-likeness (QED) is 0.678. The lowest BCUT2D eigenvalue weighted by molar-refractivity contribution is 0.104. The summed E-state index contributed by atoms with van der Waals surface area (Å²) in [7, 11) is 4.71. The van der Waals surface area contributed by atoms with Crippen LogP contribution in [0.15, 0.2) is 18.2 Å². The summed E-state index contributed by atoms with van der Waals surface area (Å²) in [6.07, 6.45) is 3.13. The van der Waals surface area contributed by atoms with Gasteiger partial charge in [-0.3, -0.25) is 9.48 Å². The highest BCUT2D eigenvalue weighted by molar-refractivity contribution is 6.08. The van der Waals surface area contributed by atoms with E-state index in [0.29, 0.717) is 16.8 Å². The van der Waals surface area contributed by atoms with Gasteiger partial charge in [0.2, 0.25) is 5.75 Å². The molecule has 0 aliphatic rings. The standard InChI is InChI=1S/C17H20N2O4/c1-10-16(11(2)19(3)18-10)13(20)7-6-12-8-14(22-4)17(21)15(9-12)23-5/h6-9,21H,1-5H3/b7-6-. The van der Waals surface area contributed by atoms with Gasteiger partial charge >= 0.3 is 0 Å². The zero-order valence-electron chi connectivity index (χ0n) is 13.9. The Hall–Kier alpha value is -2.76. The van der Waals surface area contributed by atoms with Crippen molar-refractivity contribution in [2.45, 2.75) is 13.8 Å². The lowest BCUT2D eigenvalue weighted by atomic mass is 10.1. The van der Waals surface area contributed by atoms with E-state index in [1.54, 1.807) is 36.9 Å². The third kappa shape index (κ3) is 3.21. The fraction of sp³-hybridized carbons (Fsp3) is 0.294. The normalized spacial score (nSPS) is 11.0. The van der Waals surface area contributed by atoms with Crippen LogP contribution in [-0.2, 0) is 7.05 Å². The van der Waals surface area contributed by atoms with Gasteiger partial charge in [-0.1, -0.05) is 6.08 Å². The topological polar surface area (TPSA) is 73.6 Å². The van der Waals surface area contributed by atoms with Crippen LogP contribution in [0.1, 0.15) is 27.3 Å². The predicted molar refractivity (Wildman–Crippen MR) is 87.3 cm³/mol. The fourth-order valence-electron chi connectivity index (χ4n) is 2.40. The molecule has 6 nitrogen and oxygen atoms in total. The lowest BCUT2D eigenvalue weighted by Crippen LogP contribution is -1.99. The zero-order chi connectivity index (χ0) is 17.1. The minimum absolute atomic E-state index is 0.0718. The maximum Gasteiger partial charge on any atom is 0.200 e. The zero-order valence-corrected chi connectivity index (χ0v) is 13.9. The van der Waals surface area contributed by atoms with Gasteiger partial charge in [-0.2, -0.15) is 5.10 Å². The van der Waals surface area contributed by atoms with Gasteiger partial charge in [0.25, 0.3) is 0 Å². The first-order chi connectivity index (χ1) is 10.9. The number of carbonyl (C=O) groups is 1. The number of allylic oxidation sites excluding steroid dienone is 1. The van der Waals surface area contributed by atoms with E-state index in [1.807, 2.05) is 6.92 Å². The Bertz CT molecular complexity index is 750. The summed E-state index contributed by atoms with van der Waals surface area (Å²) in [6, 6.07) is 3.26. The maximum atomic E-state index is 12.4. The van der Waals surface area contributed by atoms with E-state index in [1.165, 1.54) is 20.3 Å². The second kappa shape index (κ2) is 6.56. The van der Waals surface area contributed by atoms with Gasteiger partial charge in [0.05, 0.1) is 25.5 Å². The predicted octanol–water partition coefficient (Wildman–Crippen LogP) is 2.66. The summed E-state index contributed by atoms with van der Waals surface area (Å²) >= 11 is 0. The molecule has 1 N–H and O–H groups in total. The van der Waals surface area contributed by atoms with Crippen LogP contribution in [0.3, 0.4) is 0 Å². The molecule has 122 valence electrons. The summed E-state index contributed by atoms with van der Waals surface area (Å²) in [5.41, 5.74) is 2.80. The van der Waals surface area contributed by atoms with Gasteiger partial charge in [0.15, 0.2) is 17.3 Å². The molecule has 0 aliphatic heterocycles. The number of rotatable bonds is 5. The lowest BCUT2D eigenvalue weighted by Gasteiger charge is -2.09. The third-order valence-electron chi connectivity index (χ3n) is 3.68.